The molecular weight excluding hydrogens is 394 g/mol. The summed E-state index contributed by atoms with van der Waals surface area (Å²) in [5.41, 5.74) is 3.31. The van der Waals surface area contributed by atoms with Gasteiger partial charge in [0.15, 0.2) is 0 Å². The second kappa shape index (κ2) is 9.53. The summed E-state index contributed by atoms with van der Waals surface area (Å²) in [5.74, 6) is -0.0371. The first-order valence-electron chi connectivity index (χ1n) is 9.06. The van der Waals surface area contributed by atoms with Gasteiger partial charge in [-0.05, 0) is 43.3 Å². The van der Waals surface area contributed by atoms with Gasteiger partial charge in [-0.25, -0.2) is 13.8 Å². The number of ether oxygens (including phenoxy) is 1. The van der Waals surface area contributed by atoms with E-state index in [9.17, 15) is 18.3 Å². The molecule has 0 aliphatic carbocycles. The molecule has 0 heterocycles. The van der Waals surface area contributed by atoms with Crippen LogP contribution in [0.1, 0.15) is 36.7 Å². The number of carbonyl (C=O) groups excluding carboxylic acids is 1. The molecule has 2 aromatic carbocycles. The van der Waals surface area contributed by atoms with Gasteiger partial charge in [0.25, 0.3) is 5.91 Å². The van der Waals surface area contributed by atoms with E-state index in [0.717, 1.165) is 0 Å². The van der Waals surface area contributed by atoms with Crippen LogP contribution in [-0.4, -0.2) is 49.6 Å². The van der Waals surface area contributed by atoms with E-state index in [1.54, 1.807) is 32.9 Å². The average molecular weight is 420 g/mol. The van der Waals surface area contributed by atoms with Crippen LogP contribution in [0.3, 0.4) is 0 Å². The fraction of sp³-hybridized carbons (Fsp3) is 0.300. The van der Waals surface area contributed by atoms with Crippen LogP contribution in [0.2, 0.25) is 0 Å². The Bertz CT molecular complexity index is 1010. The lowest BCUT2D eigenvalue weighted by Gasteiger charge is -2.18. The van der Waals surface area contributed by atoms with Crippen molar-refractivity contribution in [1.82, 2.24) is 9.73 Å². The molecule has 2 aromatic rings. The van der Waals surface area contributed by atoms with Gasteiger partial charge in [0, 0.05) is 24.2 Å². The Hall–Kier alpha value is -2.91. The number of hydrogen-bond donors (Lipinski definition) is 2. The molecule has 0 aromatic heterocycles. The number of methoxy groups -OCH3 is 1. The zero-order valence-electron chi connectivity index (χ0n) is 16.8. The predicted molar refractivity (Wildman–Crippen MR) is 111 cm³/mol. The van der Waals surface area contributed by atoms with Crippen LogP contribution in [0, 0.1) is 0 Å². The second-order valence-electron chi connectivity index (χ2n) is 6.14. The molecule has 9 heteroatoms. The fourth-order valence-electron chi connectivity index (χ4n) is 2.70. The van der Waals surface area contributed by atoms with Gasteiger partial charge in [-0.3, -0.25) is 4.79 Å². The molecule has 0 saturated heterocycles. The van der Waals surface area contributed by atoms with Crippen LogP contribution < -0.4 is 10.2 Å². The molecule has 0 bridgehead atoms. The highest BCUT2D eigenvalue weighted by Gasteiger charge is 2.22. The lowest BCUT2D eigenvalue weighted by Crippen LogP contribution is -2.30. The van der Waals surface area contributed by atoms with Crippen LogP contribution in [0.4, 0.5) is 0 Å². The Morgan fingerprint density at radius 3 is 2.48 bits per heavy atom. The highest BCUT2D eigenvalue weighted by Crippen LogP contribution is 2.23. The van der Waals surface area contributed by atoms with E-state index in [4.69, 9.17) is 4.74 Å². The lowest BCUT2D eigenvalue weighted by molar-refractivity contribution is 0.0954. The van der Waals surface area contributed by atoms with Crippen molar-refractivity contribution in [3.8, 4) is 11.5 Å². The highest BCUT2D eigenvalue weighted by atomic mass is 32.2. The van der Waals surface area contributed by atoms with E-state index in [2.05, 4.69) is 10.5 Å². The summed E-state index contributed by atoms with van der Waals surface area (Å²) in [6.07, 6.45) is 0. The van der Waals surface area contributed by atoms with Crippen LogP contribution in [0.25, 0.3) is 0 Å². The zero-order valence-corrected chi connectivity index (χ0v) is 17.7. The largest absolute Gasteiger partial charge is 0.507 e. The summed E-state index contributed by atoms with van der Waals surface area (Å²) in [5, 5.41) is 14.0. The van der Waals surface area contributed by atoms with Gasteiger partial charge in [0.2, 0.25) is 10.0 Å². The number of aromatic hydroxyl groups is 1. The summed E-state index contributed by atoms with van der Waals surface area (Å²) >= 11 is 0. The fourth-order valence-corrected chi connectivity index (χ4v) is 4.21. The van der Waals surface area contributed by atoms with Crippen LogP contribution in [0.15, 0.2) is 52.5 Å². The Labute approximate surface area is 170 Å². The van der Waals surface area contributed by atoms with Crippen molar-refractivity contribution in [1.29, 1.82) is 0 Å². The first kappa shape index (κ1) is 22.4. The maximum Gasteiger partial charge on any atom is 0.271 e. The van der Waals surface area contributed by atoms with Gasteiger partial charge >= 0.3 is 0 Å². The summed E-state index contributed by atoms with van der Waals surface area (Å²) < 4.78 is 31.7. The topological polar surface area (TPSA) is 108 Å². The molecule has 8 nitrogen and oxygen atoms in total. The SMILES string of the molecule is CCN(CC)S(=O)(=O)c1cccc(C(=O)N/N=C(\C)c2cc(OC)ccc2O)c1. The molecule has 0 fully saturated rings. The van der Waals surface area contributed by atoms with E-state index in [0.29, 0.717) is 30.1 Å². The molecule has 0 saturated carbocycles. The molecular formula is C20H25N3O5S. The number of benzene rings is 2. The third kappa shape index (κ3) is 5.12. The first-order chi connectivity index (χ1) is 13.7. The maximum atomic E-state index is 12.6. The van der Waals surface area contributed by atoms with Gasteiger partial charge in [-0.15, -0.1) is 0 Å². The highest BCUT2D eigenvalue weighted by molar-refractivity contribution is 7.89. The molecule has 1 amide bonds. The van der Waals surface area contributed by atoms with E-state index in [1.165, 1.54) is 41.7 Å². The smallest absolute Gasteiger partial charge is 0.271 e. The van der Waals surface area contributed by atoms with Crippen LogP contribution in [-0.2, 0) is 10.0 Å². The van der Waals surface area contributed by atoms with Crippen molar-refractivity contribution >= 4 is 21.6 Å². The Morgan fingerprint density at radius 2 is 1.86 bits per heavy atom. The Balaban J connectivity index is 2.25. The minimum atomic E-state index is -3.67. The van der Waals surface area contributed by atoms with Crippen molar-refractivity contribution in [2.24, 2.45) is 5.10 Å². The van der Waals surface area contributed by atoms with Gasteiger partial charge < -0.3 is 9.84 Å². The first-order valence-corrected chi connectivity index (χ1v) is 10.5. The quantitative estimate of drug-likeness (QED) is 0.505. The third-order valence-corrected chi connectivity index (χ3v) is 6.40. The minimum Gasteiger partial charge on any atom is -0.507 e. The zero-order chi connectivity index (χ0) is 21.6. The number of phenolic OH excluding ortho intramolecular Hbond substituents is 1. The van der Waals surface area contributed by atoms with Crippen molar-refractivity contribution in [2.45, 2.75) is 25.7 Å². The molecule has 0 radical (unpaired) electrons. The Morgan fingerprint density at radius 1 is 1.17 bits per heavy atom. The van der Waals surface area contributed by atoms with Gasteiger partial charge in [-0.1, -0.05) is 19.9 Å². The molecule has 0 unspecified atom stereocenters. The van der Waals surface area contributed by atoms with Gasteiger partial charge in [0.05, 0.1) is 17.7 Å². The number of nitrogens with zero attached hydrogens (tertiary/aromatic N) is 2. The number of carbonyl (C=O) groups is 1. The van der Waals surface area contributed by atoms with E-state index < -0.39 is 15.9 Å². The molecule has 156 valence electrons. The van der Waals surface area contributed by atoms with Gasteiger partial charge in [0.1, 0.15) is 11.5 Å². The second-order valence-corrected chi connectivity index (χ2v) is 8.08. The molecule has 0 aliphatic rings. The van der Waals surface area contributed by atoms with E-state index >= 15 is 0 Å². The van der Waals surface area contributed by atoms with Crippen molar-refractivity contribution in [3.05, 3.63) is 53.6 Å². The summed E-state index contributed by atoms with van der Waals surface area (Å²) in [6, 6.07) is 10.4. The van der Waals surface area contributed by atoms with E-state index in [1.807, 2.05) is 0 Å². The number of phenols is 1. The van der Waals surface area contributed by atoms with Gasteiger partial charge in [-0.2, -0.15) is 9.41 Å². The normalized spacial score (nSPS) is 12.1. The molecule has 2 N–H and O–H groups in total. The maximum absolute atomic E-state index is 12.6. The monoisotopic (exact) mass is 419 g/mol. The molecule has 2 rings (SSSR count). The average Bonchev–Trinajstić information content (AvgIpc) is 2.72. The summed E-state index contributed by atoms with van der Waals surface area (Å²) in [4.78, 5) is 12.5. The lowest BCUT2D eigenvalue weighted by atomic mass is 10.1. The standard InChI is InChI=1S/C20H25N3O5S/c1-5-23(6-2)29(26,27)17-9-7-8-15(12-17)20(25)22-21-14(3)18-13-16(28-4)10-11-19(18)24/h7-13,24H,5-6H2,1-4H3,(H,22,25)/b21-14+. The Kier molecular flexibility index (Phi) is 7.35. The molecule has 0 atom stereocenters. The minimum absolute atomic E-state index is 0.00591. The van der Waals surface area contributed by atoms with Crippen LogP contribution in [0.5, 0.6) is 11.5 Å². The van der Waals surface area contributed by atoms with Crippen LogP contribution >= 0.6 is 0 Å². The predicted octanol–water partition coefficient (Wildman–Crippen LogP) is 2.59. The number of hydrazone groups is 1. The number of nitrogens with one attached hydrogen (secondary N) is 1. The number of hydrogen-bond acceptors (Lipinski definition) is 6. The van der Waals surface area contributed by atoms with Crippen molar-refractivity contribution < 1.29 is 23.1 Å². The van der Waals surface area contributed by atoms with Crippen molar-refractivity contribution in [3.63, 3.8) is 0 Å². The number of rotatable bonds is 8. The third-order valence-electron chi connectivity index (χ3n) is 4.36. The molecule has 0 aliphatic heterocycles. The van der Waals surface area contributed by atoms with Crippen molar-refractivity contribution in [2.75, 3.05) is 20.2 Å². The van der Waals surface area contributed by atoms with E-state index in [-0.39, 0.29) is 16.2 Å². The molecule has 0 spiro atoms. The number of sulfonamides is 1. The molecule has 29 heavy (non-hydrogen) atoms. The number of amides is 1. The summed E-state index contributed by atoms with van der Waals surface area (Å²) in [6.45, 7) is 5.80. The summed E-state index contributed by atoms with van der Waals surface area (Å²) in [7, 11) is -2.17.